The third-order valence-electron chi connectivity index (χ3n) is 6.35. The van der Waals surface area contributed by atoms with Gasteiger partial charge in [-0.3, -0.25) is 34.7 Å². The van der Waals surface area contributed by atoms with Crippen LogP contribution in [0.25, 0.3) is 0 Å². The number of anilines is 1. The largest absolute Gasteiger partial charge is 0.493 e. The van der Waals surface area contributed by atoms with E-state index in [9.17, 15) is 34.4 Å². The lowest BCUT2D eigenvalue weighted by Crippen LogP contribution is -2.46. The number of carbonyl (C=O) groups excluding carboxylic acids is 3. The van der Waals surface area contributed by atoms with E-state index in [1.54, 1.807) is 6.07 Å². The van der Waals surface area contributed by atoms with Crippen molar-refractivity contribution < 1.29 is 43.4 Å². The number of hydrogen-bond acceptors (Lipinski definition) is 10. The highest BCUT2D eigenvalue weighted by Gasteiger charge is 2.45. The van der Waals surface area contributed by atoms with Gasteiger partial charge in [0.05, 0.1) is 43.5 Å². The van der Waals surface area contributed by atoms with Crippen LogP contribution >= 0.6 is 11.8 Å². The van der Waals surface area contributed by atoms with E-state index in [0.717, 1.165) is 16.8 Å². The molecule has 3 aromatic carbocycles. The van der Waals surface area contributed by atoms with Gasteiger partial charge in [0.1, 0.15) is 5.37 Å². The van der Waals surface area contributed by atoms with Gasteiger partial charge in [0.15, 0.2) is 11.5 Å². The quantitative estimate of drug-likeness (QED) is 0.213. The molecule has 3 N–H and O–H groups in total. The van der Waals surface area contributed by atoms with E-state index in [1.807, 2.05) is 0 Å². The molecule has 0 bridgehead atoms. The second-order valence-corrected chi connectivity index (χ2v) is 10.3. The summed E-state index contributed by atoms with van der Waals surface area (Å²) < 4.78 is 15.8. The monoisotopic (exact) mass is 610 g/mol. The molecule has 2 unspecified atom stereocenters. The minimum atomic E-state index is -1.23. The third kappa shape index (κ3) is 6.62. The van der Waals surface area contributed by atoms with Crippen molar-refractivity contribution in [2.24, 2.45) is 0 Å². The molecule has 0 aliphatic carbocycles. The normalized spacial score (nSPS) is 15.9. The maximum Gasteiger partial charge on any atom is 0.305 e. The molecule has 0 spiro atoms. The lowest BCUT2D eigenvalue weighted by Gasteiger charge is -2.24. The van der Waals surface area contributed by atoms with Gasteiger partial charge in [0.2, 0.25) is 5.75 Å². The lowest BCUT2D eigenvalue weighted by molar-refractivity contribution is -0.385. The standard InChI is InChI=1S/C28H26N4O10S/c1-40-20-12-16(13-21(41-2)24(20)42-3)25(35)29-17-10-8-15(9-11-17)26(36)30-31-27(37)22(14-23(33)34)43-28(31)18-6-4-5-7-19(18)32(38)39/h4-13,22,28H,14H2,1-3H3,(H,29,35)(H,30,36)(H,33,34). The maximum atomic E-state index is 13.1. The number of aliphatic carboxylic acids is 1. The first-order chi connectivity index (χ1) is 20.6. The van der Waals surface area contributed by atoms with Crippen molar-refractivity contribution in [2.45, 2.75) is 17.0 Å². The lowest BCUT2D eigenvalue weighted by atomic mass is 10.1. The number of carboxylic acid groups (broad SMARTS) is 1. The van der Waals surface area contributed by atoms with Gasteiger partial charge in [-0.25, -0.2) is 5.01 Å². The van der Waals surface area contributed by atoms with Crippen LogP contribution in [-0.4, -0.2) is 65.3 Å². The van der Waals surface area contributed by atoms with Crippen LogP contribution < -0.4 is 25.0 Å². The number of nitrogens with zero attached hydrogens (tertiary/aromatic N) is 2. The first kappa shape index (κ1) is 30.6. The fraction of sp³-hybridized carbons (Fsp3) is 0.214. The van der Waals surface area contributed by atoms with E-state index in [4.69, 9.17) is 14.2 Å². The van der Waals surface area contributed by atoms with Crippen molar-refractivity contribution in [3.05, 3.63) is 87.5 Å². The van der Waals surface area contributed by atoms with E-state index in [-0.39, 0.29) is 22.4 Å². The van der Waals surface area contributed by atoms with E-state index < -0.39 is 45.7 Å². The number of nitro groups is 1. The fourth-order valence-corrected chi connectivity index (χ4v) is 5.73. The molecule has 14 nitrogen and oxygen atoms in total. The summed E-state index contributed by atoms with van der Waals surface area (Å²) in [7, 11) is 4.29. The number of para-hydroxylation sites is 1. The van der Waals surface area contributed by atoms with E-state index >= 15 is 0 Å². The Morgan fingerprint density at radius 1 is 0.953 bits per heavy atom. The minimum Gasteiger partial charge on any atom is -0.493 e. The smallest absolute Gasteiger partial charge is 0.305 e. The van der Waals surface area contributed by atoms with Gasteiger partial charge in [-0.2, -0.15) is 0 Å². The molecule has 4 rings (SSSR count). The molecule has 1 fully saturated rings. The zero-order valence-corrected chi connectivity index (χ0v) is 23.9. The summed E-state index contributed by atoms with van der Waals surface area (Å²) in [5.74, 6) is -2.26. The van der Waals surface area contributed by atoms with Crippen molar-refractivity contribution in [2.75, 3.05) is 26.6 Å². The van der Waals surface area contributed by atoms with E-state index in [2.05, 4.69) is 10.7 Å². The number of ether oxygens (including phenoxy) is 3. The van der Waals surface area contributed by atoms with Crippen LogP contribution in [0.3, 0.4) is 0 Å². The van der Waals surface area contributed by atoms with Crippen LogP contribution in [-0.2, 0) is 9.59 Å². The van der Waals surface area contributed by atoms with E-state index in [1.165, 1.54) is 75.9 Å². The van der Waals surface area contributed by atoms with Crippen molar-refractivity contribution in [1.82, 2.24) is 10.4 Å². The maximum absolute atomic E-state index is 13.1. The number of hydrazine groups is 1. The van der Waals surface area contributed by atoms with Gasteiger partial charge in [-0.05, 0) is 42.5 Å². The van der Waals surface area contributed by atoms with Gasteiger partial charge in [-0.15, -0.1) is 11.8 Å². The van der Waals surface area contributed by atoms with Crippen LogP contribution in [0.1, 0.15) is 38.1 Å². The highest BCUT2D eigenvalue weighted by atomic mass is 32.2. The average Bonchev–Trinajstić information content (AvgIpc) is 3.29. The number of benzene rings is 3. The SMILES string of the molecule is COc1cc(C(=O)Nc2ccc(C(=O)NN3C(=O)C(CC(=O)O)SC3c3ccccc3[N+](=O)[O-])cc2)cc(OC)c1OC. The number of carboxylic acids is 1. The molecule has 0 aromatic heterocycles. The average molecular weight is 611 g/mol. The number of amides is 3. The molecule has 0 radical (unpaired) electrons. The molecule has 2 atom stereocenters. The molecule has 0 saturated carbocycles. The highest BCUT2D eigenvalue weighted by Crippen LogP contribution is 2.46. The Balaban J connectivity index is 1.52. The van der Waals surface area contributed by atoms with Crippen LogP contribution in [0.5, 0.6) is 17.2 Å². The molecule has 1 saturated heterocycles. The second-order valence-electron chi connectivity index (χ2n) is 8.99. The van der Waals surface area contributed by atoms with Crippen molar-refractivity contribution >= 4 is 46.8 Å². The Bertz CT molecular complexity index is 1550. The summed E-state index contributed by atoms with van der Waals surface area (Å²) in [6.45, 7) is 0. The summed E-state index contributed by atoms with van der Waals surface area (Å²) >= 11 is 0.895. The zero-order chi connectivity index (χ0) is 31.3. The first-order valence-corrected chi connectivity index (χ1v) is 13.5. The number of nitrogens with one attached hydrogen (secondary N) is 2. The van der Waals surface area contributed by atoms with Gasteiger partial charge in [0.25, 0.3) is 23.4 Å². The molecule has 15 heteroatoms. The molecule has 1 heterocycles. The molecule has 3 amide bonds. The van der Waals surface area contributed by atoms with Crippen LogP contribution in [0.15, 0.2) is 60.7 Å². The van der Waals surface area contributed by atoms with Gasteiger partial charge >= 0.3 is 5.97 Å². The van der Waals surface area contributed by atoms with E-state index in [0.29, 0.717) is 22.9 Å². The zero-order valence-electron chi connectivity index (χ0n) is 23.1. The molecular formula is C28H26N4O10S. The topological polar surface area (TPSA) is 187 Å². The Labute approximate surface area is 249 Å². The number of thioether (sulfide) groups is 1. The third-order valence-corrected chi connectivity index (χ3v) is 7.77. The van der Waals surface area contributed by atoms with Gasteiger partial charge in [0, 0.05) is 22.9 Å². The molecule has 3 aromatic rings. The Morgan fingerprint density at radius 3 is 2.14 bits per heavy atom. The molecule has 1 aliphatic rings. The number of rotatable bonds is 11. The molecular weight excluding hydrogens is 584 g/mol. The molecule has 1 aliphatic heterocycles. The van der Waals surface area contributed by atoms with Crippen LogP contribution in [0, 0.1) is 10.1 Å². The van der Waals surface area contributed by atoms with Gasteiger partial charge in [-0.1, -0.05) is 12.1 Å². The predicted molar refractivity (Wildman–Crippen MR) is 154 cm³/mol. The number of hydrogen-bond donors (Lipinski definition) is 3. The van der Waals surface area contributed by atoms with Gasteiger partial charge < -0.3 is 24.6 Å². The Hall–Kier alpha value is -5.31. The minimum absolute atomic E-state index is 0.103. The summed E-state index contributed by atoms with van der Waals surface area (Å²) in [6.07, 6.45) is -0.534. The number of nitro benzene ring substituents is 1. The molecule has 224 valence electrons. The summed E-state index contributed by atoms with van der Waals surface area (Å²) in [4.78, 5) is 61.5. The summed E-state index contributed by atoms with van der Waals surface area (Å²) in [5.41, 5.74) is 2.99. The predicted octanol–water partition coefficient (Wildman–Crippen LogP) is 3.64. The summed E-state index contributed by atoms with van der Waals surface area (Å²) in [6, 6.07) is 14.4. The van der Waals surface area contributed by atoms with Crippen LogP contribution in [0.4, 0.5) is 11.4 Å². The van der Waals surface area contributed by atoms with Crippen molar-refractivity contribution in [1.29, 1.82) is 0 Å². The fourth-order valence-electron chi connectivity index (χ4n) is 4.32. The second kappa shape index (κ2) is 13.1. The Morgan fingerprint density at radius 2 is 1.58 bits per heavy atom. The Kier molecular flexibility index (Phi) is 9.35. The molecule has 43 heavy (non-hydrogen) atoms. The highest BCUT2D eigenvalue weighted by molar-refractivity contribution is 8.01. The van der Waals surface area contributed by atoms with Crippen LogP contribution in [0.2, 0.25) is 0 Å². The number of methoxy groups -OCH3 is 3. The van der Waals surface area contributed by atoms with Crippen molar-refractivity contribution in [3.63, 3.8) is 0 Å². The summed E-state index contributed by atoms with van der Waals surface area (Å²) in [5, 5.41) is 22.4. The number of carbonyl (C=O) groups is 4. The first-order valence-electron chi connectivity index (χ1n) is 12.5. The van der Waals surface area contributed by atoms with Crippen molar-refractivity contribution in [3.8, 4) is 17.2 Å².